The van der Waals surface area contributed by atoms with E-state index in [-0.39, 0.29) is 5.91 Å². The first-order valence-corrected chi connectivity index (χ1v) is 7.72. The number of alkyl halides is 1. The Morgan fingerprint density at radius 3 is 2.56 bits per heavy atom. The number of carbonyl (C=O) groups is 1. The van der Waals surface area contributed by atoms with E-state index in [0.29, 0.717) is 5.92 Å². The van der Waals surface area contributed by atoms with Gasteiger partial charge in [-0.2, -0.15) is 0 Å². The Bertz CT molecular complexity index is 361. The van der Waals surface area contributed by atoms with Crippen LogP contribution in [0.2, 0.25) is 0 Å². The van der Waals surface area contributed by atoms with Crippen LogP contribution in [0.1, 0.15) is 42.6 Å². The number of hydrogen-bond donors (Lipinski definition) is 1. The summed E-state index contributed by atoms with van der Waals surface area (Å²) >= 11 is 3.46. The van der Waals surface area contributed by atoms with Crippen molar-refractivity contribution >= 4 is 21.8 Å². The van der Waals surface area contributed by atoms with E-state index in [1.165, 1.54) is 5.56 Å². The highest BCUT2D eigenvalue weighted by molar-refractivity contribution is 9.09. The normalized spacial score (nSPS) is 12.2. The van der Waals surface area contributed by atoms with Crippen LogP contribution in [0.25, 0.3) is 0 Å². The van der Waals surface area contributed by atoms with Crippen molar-refractivity contribution in [3.8, 4) is 0 Å². The lowest BCUT2D eigenvalue weighted by Crippen LogP contribution is -2.24. The van der Waals surface area contributed by atoms with Crippen molar-refractivity contribution in [2.45, 2.75) is 33.1 Å². The molecule has 0 saturated heterocycles. The summed E-state index contributed by atoms with van der Waals surface area (Å²) in [6.45, 7) is 5.08. The van der Waals surface area contributed by atoms with Crippen molar-refractivity contribution in [3.63, 3.8) is 0 Å². The zero-order valence-corrected chi connectivity index (χ0v) is 12.8. The van der Waals surface area contributed by atoms with Gasteiger partial charge in [-0.3, -0.25) is 4.79 Å². The van der Waals surface area contributed by atoms with Crippen LogP contribution >= 0.6 is 15.9 Å². The first kappa shape index (κ1) is 15.2. The summed E-state index contributed by atoms with van der Waals surface area (Å²) in [5, 5.41) is 3.99. The highest BCUT2D eigenvalue weighted by Gasteiger charge is 2.05. The molecule has 0 heterocycles. The molecule has 1 aromatic rings. The Kier molecular flexibility index (Phi) is 7.02. The molecule has 0 aromatic heterocycles. The standard InChI is InChI=1S/C15H22BrNO/c1-3-13-6-8-14(9-7-13)15(18)17-10-4-5-12(2)11-16/h6-9,12H,3-5,10-11H2,1-2H3,(H,17,18). The second kappa shape index (κ2) is 8.30. The van der Waals surface area contributed by atoms with E-state index in [0.717, 1.165) is 36.7 Å². The van der Waals surface area contributed by atoms with Gasteiger partial charge in [0.15, 0.2) is 0 Å². The minimum Gasteiger partial charge on any atom is -0.352 e. The van der Waals surface area contributed by atoms with Crippen molar-refractivity contribution in [2.75, 3.05) is 11.9 Å². The molecule has 2 nitrogen and oxygen atoms in total. The van der Waals surface area contributed by atoms with Crippen LogP contribution in [-0.4, -0.2) is 17.8 Å². The van der Waals surface area contributed by atoms with Crippen LogP contribution in [0.4, 0.5) is 0 Å². The first-order chi connectivity index (χ1) is 8.67. The molecular weight excluding hydrogens is 290 g/mol. The number of aryl methyl sites for hydroxylation is 1. The molecule has 0 bridgehead atoms. The molecule has 1 amide bonds. The number of amides is 1. The minimum absolute atomic E-state index is 0.0316. The maximum Gasteiger partial charge on any atom is 0.251 e. The van der Waals surface area contributed by atoms with Crippen LogP contribution in [0.5, 0.6) is 0 Å². The van der Waals surface area contributed by atoms with E-state index < -0.39 is 0 Å². The predicted octanol–water partition coefficient (Wildman–Crippen LogP) is 3.79. The smallest absolute Gasteiger partial charge is 0.251 e. The molecule has 1 unspecified atom stereocenters. The van der Waals surface area contributed by atoms with E-state index >= 15 is 0 Å². The predicted molar refractivity (Wildman–Crippen MR) is 80.3 cm³/mol. The van der Waals surface area contributed by atoms with Crippen LogP contribution in [0.15, 0.2) is 24.3 Å². The number of benzene rings is 1. The number of hydrogen-bond acceptors (Lipinski definition) is 1. The van der Waals surface area contributed by atoms with Crippen molar-refractivity contribution in [3.05, 3.63) is 35.4 Å². The van der Waals surface area contributed by atoms with Gasteiger partial charge in [0.05, 0.1) is 0 Å². The number of carbonyl (C=O) groups excluding carboxylic acids is 1. The van der Waals surface area contributed by atoms with Crippen molar-refractivity contribution < 1.29 is 4.79 Å². The Morgan fingerprint density at radius 1 is 1.33 bits per heavy atom. The quantitative estimate of drug-likeness (QED) is 0.602. The number of nitrogens with one attached hydrogen (secondary N) is 1. The fourth-order valence-corrected chi connectivity index (χ4v) is 2.05. The maximum absolute atomic E-state index is 11.8. The summed E-state index contributed by atoms with van der Waals surface area (Å²) in [6, 6.07) is 7.83. The Hall–Kier alpha value is -0.830. The van der Waals surface area contributed by atoms with Gasteiger partial charge in [0.2, 0.25) is 0 Å². The summed E-state index contributed by atoms with van der Waals surface area (Å²) in [5.74, 6) is 0.704. The third-order valence-corrected chi connectivity index (χ3v) is 4.15. The SMILES string of the molecule is CCc1ccc(C(=O)NCCCC(C)CBr)cc1. The lowest BCUT2D eigenvalue weighted by atomic mass is 10.1. The van der Waals surface area contributed by atoms with Crippen molar-refractivity contribution in [1.82, 2.24) is 5.32 Å². The zero-order valence-electron chi connectivity index (χ0n) is 11.2. The fourth-order valence-electron chi connectivity index (χ4n) is 1.72. The highest BCUT2D eigenvalue weighted by atomic mass is 79.9. The molecule has 0 radical (unpaired) electrons. The Balaban J connectivity index is 2.31. The maximum atomic E-state index is 11.8. The van der Waals surface area contributed by atoms with Gasteiger partial charge < -0.3 is 5.32 Å². The first-order valence-electron chi connectivity index (χ1n) is 6.60. The van der Waals surface area contributed by atoms with Crippen molar-refractivity contribution in [2.24, 2.45) is 5.92 Å². The fraction of sp³-hybridized carbons (Fsp3) is 0.533. The van der Waals surface area contributed by atoms with Crippen LogP contribution in [0.3, 0.4) is 0 Å². The van der Waals surface area contributed by atoms with Gasteiger partial charge in [0, 0.05) is 17.4 Å². The van der Waals surface area contributed by atoms with Crippen molar-refractivity contribution in [1.29, 1.82) is 0 Å². The summed E-state index contributed by atoms with van der Waals surface area (Å²) in [5.41, 5.74) is 2.01. The molecule has 0 fully saturated rings. The summed E-state index contributed by atoms with van der Waals surface area (Å²) in [6.07, 6.45) is 3.18. The van der Waals surface area contributed by atoms with E-state index in [9.17, 15) is 4.79 Å². The van der Waals surface area contributed by atoms with Gasteiger partial charge in [-0.05, 0) is 42.9 Å². The van der Waals surface area contributed by atoms with E-state index in [4.69, 9.17) is 0 Å². The molecule has 1 atom stereocenters. The average molecular weight is 312 g/mol. The number of rotatable bonds is 7. The molecule has 0 spiro atoms. The molecule has 0 aliphatic carbocycles. The molecule has 1 N–H and O–H groups in total. The van der Waals surface area contributed by atoms with Crippen LogP contribution in [-0.2, 0) is 6.42 Å². The second-order valence-electron chi connectivity index (χ2n) is 4.71. The Labute approximate surface area is 118 Å². The second-order valence-corrected chi connectivity index (χ2v) is 5.36. The van der Waals surface area contributed by atoms with Crippen LogP contribution < -0.4 is 5.32 Å². The van der Waals surface area contributed by atoms with E-state index in [2.05, 4.69) is 35.1 Å². The Morgan fingerprint density at radius 2 is 2.00 bits per heavy atom. The molecule has 100 valence electrons. The van der Waals surface area contributed by atoms with Gasteiger partial charge in [-0.1, -0.05) is 41.9 Å². The molecule has 0 aliphatic rings. The lowest BCUT2D eigenvalue weighted by Gasteiger charge is -2.08. The largest absolute Gasteiger partial charge is 0.352 e. The van der Waals surface area contributed by atoms with E-state index in [1.54, 1.807) is 0 Å². The zero-order chi connectivity index (χ0) is 13.4. The lowest BCUT2D eigenvalue weighted by molar-refractivity contribution is 0.0952. The van der Waals surface area contributed by atoms with Gasteiger partial charge in [-0.25, -0.2) is 0 Å². The van der Waals surface area contributed by atoms with Gasteiger partial charge in [-0.15, -0.1) is 0 Å². The minimum atomic E-state index is 0.0316. The average Bonchev–Trinajstić information content (AvgIpc) is 2.43. The molecule has 1 rings (SSSR count). The van der Waals surface area contributed by atoms with Gasteiger partial charge >= 0.3 is 0 Å². The third kappa shape index (κ3) is 5.21. The number of halogens is 1. The summed E-state index contributed by atoms with van der Waals surface area (Å²) in [7, 11) is 0. The third-order valence-electron chi connectivity index (χ3n) is 3.05. The molecule has 1 aromatic carbocycles. The highest BCUT2D eigenvalue weighted by Crippen LogP contribution is 2.08. The summed E-state index contributed by atoms with van der Waals surface area (Å²) in [4.78, 5) is 11.8. The molecule has 0 aliphatic heterocycles. The van der Waals surface area contributed by atoms with Gasteiger partial charge in [0.1, 0.15) is 0 Å². The monoisotopic (exact) mass is 311 g/mol. The topological polar surface area (TPSA) is 29.1 Å². The van der Waals surface area contributed by atoms with Gasteiger partial charge in [0.25, 0.3) is 5.91 Å². The molecule has 0 saturated carbocycles. The molecular formula is C15H22BrNO. The molecule has 3 heteroatoms. The van der Waals surface area contributed by atoms with E-state index in [1.807, 2.05) is 24.3 Å². The summed E-state index contributed by atoms with van der Waals surface area (Å²) < 4.78 is 0. The van der Waals surface area contributed by atoms with Crippen LogP contribution in [0, 0.1) is 5.92 Å². The molecule has 18 heavy (non-hydrogen) atoms.